The molecule has 0 aromatic heterocycles. The molecule has 1 aliphatic rings. The van der Waals surface area contributed by atoms with E-state index in [1.165, 1.54) is 22.5 Å². The van der Waals surface area contributed by atoms with Crippen molar-refractivity contribution >= 4 is 27.5 Å². The number of benzene rings is 1. The largest absolute Gasteiger partial charge is 0.482 e. The van der Waals surface area contributed by atoms with Gasteiger partial charge in [0.2, 0.25) is 10.0 Å². The predicted octanol–water partition coefficient (Wildman–Crippen LogP) is 0.706. The molecular formula is C14H20ClN3O4S. The Bertz CT molecular complexity index is 681. The first-order valence-electron chi connectivity index (χ1n) is 7.29. The van der Waals surface area contributed by atoms with Crippen LogP contribution in [0.4, 0.5) is 0 Å². The second-order valence-corrected chi connectivity index (χ2v) is 7.64. The minimum Gasteiger partial charge on any atom is -0.482 e. The van der Waals surface area contributed by atoms with E-state index in [4.69, 9.17) is 27.8 Å². The average molecular weight is 362 g/mol. The van der Waals surface area contributed by atoms with Gasteiger partial charge in [-0.25, -0.2) is 8.42 Å². The second kappa shape index (κ2) is 7.48. The SMILES string of the molecule is NCC1CCCCN1S(=O)(=O)c1cc(Cl)ccc1OCC(N)=O. The van der Waals surface area contributed by atoms with E-state index in [1.807, 2.05) is 0 Å². The van der Waals surface area contributed by atoms with Crippen molar-refractivity contribution in [1.82, 2.24) is 4.31 Å². The van der Waals surface area contributed by atoms with Crippen LogP contribution in [0.1, 0.15) is 19.3 Å². The van der Waals surface area contributed by atoms with Crippen molar-refractivity contribution in [3.05, 3.63) is 23.2 Å². The molecule has 9 heteroatoms. The van der Waals surface area contributed by atoms with Gasteiger partial charge in [-0.15, -0.1) is 0 Å². The molecule has 1 aromatic rings. The molecule has 1 aromatic carbocycles. The second-order valence-electron chi connectivity index (χ2n) is 5.35. The van der Waals surface area contributed by atoms with Gasteiger partial charge in [0.05, 0.1) is 0 Å². The van der Waals surface area contributed by atoms with Gasteiger partial charge in [0.15, 0.2) is 6.61 Å². The minimum absolute atomic E-state index is 0.0505. The predicted molar refractivity (Wildman–Crippen MR) is 86.7 cm³/mol. The van der Waals surface area contributed by atoms with Crippen LogP contribution >= 0.6 is 11.6 Å². The Balaban J connectivity index is 2.41. The standard InChI is InChI=1S/C14H20ClN3O4S/c15-10-4-5-12(22-9-14(17)19)13(7-10)23(20,21)18-6-2-1-3-11(18)8-16/h4-5,7,11H,1-3,6,8-9,16H2,(H2,17,19). The van der Waals surface area contributed by atoms with E-state index in [1.54, 1.807) is 0 Å². The number of sulfonamides is 1. The van der Waals surface area contributed by atoms with Crippen LogP contribution in [0, 0.1) is 0 Å². The summed E-state index contributed by atoms with van der Waals surface area (Å²) >= 11 is 5.94. The molecule has 0 saturated carbocycles. The van der Waals surface area contributed by atoms with E-state index in [9.17, 15) is 13.2 Å². The lowest BCUT2D eigenvalue weighted by atomic mass is 10.1. The van der Waals surface area contributed by atoms with Gasteiger partial charge in [-0.2, -0.15) is 4.31 Å². The zero-order chi connectivity index (χ0) is 17.0. The van der Waals surface area contributed by atoms with E-state index in [0.717, 1.165) is 12.8 Å². The molecule has 0 radical (unpaired) electrons. The van der Waals surface area contributed by atoms with Crippen LogP contribution in [-0.2, 0) is 14.8 Å². The van der Waals surface area contributed by atoms with Crippen molar-refractivity contribution < 1.29 is 17.9 Å². The zero-order valence-corrected chi connectivity index (χ0v) is 14.1. The van der Waals surface area contributed by atoms with E-state index >= 15 is 0 Å². The van der Waals surface area contributed by atoms with E-state index in [2.05, 4.69) is 0 Å². The lowest BCUT2D eigenvalue weighted by molar-refractivity contribution is -0.120. The molecular weight excluding hydrogens is 342 g/mol. The fourth-order valence-electron chi connectivity index (χ4n) is 2.60. The molecule has 0 bridgehead atoms. The molecule has 23 heavy (non-hydrogen) atoms. The van der Waals surface area contributed by atoms with Crippen LogP contribution in [-0.4, -0.2) is 44.4 Å². The van der Waals surface area contributed by atoms with Crippen LogP contribution < -0.4 is 16.2 Å². The van der Waals surface area contributed by atoms with Crippen molar-refractivity contribution in [3.8, 4) is 5.75 Å². The summed E-state index contributed by atoms with van der Waals surface area (Å²) in [6, 6.07) is 3.97. The van der Waals surface area contributed by atoms with E-state index in [0.29, 0.717) is 13.0 Å². The Kier molecular flexibility index (Phi) is 5.85. The molecule has 1 heterocycles. The summed E-state index contributed by atoms with van der Waals surface area (Å²) in [5, 5.41) is 0.260. The molecule has 1 aliphatic heterocycles. The molecule has 4 N–H and O–H groups in total. The van der Waals surface area contributed by atoms with E-state index in [-0.39, 0.29) is 28.3 Å². The number of nitrogens with zero attached hydrogens (tertiary/aromatic N) is 1. The quantitative estimate of drug-likeness (QED) is 0.773. The monoisotopic (exact) mass is 361 g/mol. The van der Waals surface area contributed by atoms with Gasteiger partial charge in [-0.1, -0.05) is 18.0 Å². The molecule has 0 spiro atoms. The highest BCUT2D eigenvalue weighted by molar-refractivity contribution is 7.89. The van der Waals surface area contributed by atoms with E-state index < -0.39 is 22.5 Å². The number of carbonyl (C=O) groups excluding carboxylic acids is 1. The van der Waals surface area contributed by atoms with Gasteiger partial charge in [-0.05, 0) is 31.0 Å². The number of nitrogens with two attached hydrogens (primary N) is 2. The lowest BCUT2D eigenvalue weighted by Crippen LogP contribution is -2.47. The third-order valence-corrected chi connectivity index (χ3v) is 5.92. The molecule has 1 unspecified atom stereocenters. The van der Waals surface area contributed by atoms with Crippen LogP contribution in [0.5, 0.6) is 5.75 Å². The number of primary amides is 1. The van der Waals surface area contributed by atoms with Crippen LogP contribution in [0.3, 0.4) is 0 Å². The third kappa shape index (κ3) is 4.14. The fraction of sp³-hybridized carbons (Fsp3) is 0.500. The van der Waals surface area contributed by atoms with Gasteiger partial charge in [-0.3, -0.25) is 4.79 Å². The van der Waals surface area contributed by atoms with Crippen LogP contribution in [0.2, 0.25) is 5.02 Å². The number of halogens is 1. The number of carbonyl (C=O) groups is 1. The van der Waals surface area contributed by atoms with Gasteiger partial charge in [0.1, 0.15) is 10.6 Å². The number of hydrogen-bond donors (Lipinski definition) is 2. The molecule has 1 amide bonds. The number of hydrogen-bond acceptors (Lipinski definition) is 5. The lowest BCUT2D eigenvalue weighted by Gasteiger charge is -2.34. The maximum atomic E-state index is 13.0. The highest BCUT2D eigenvalue weighted by Gasteiger charge is 2.34. The Morgan fingerprint density at radius 3 is 2.78 bits per heavy atom. The Hall–Kier alpha value is -1.35. The third-order valence-electron chi connectivity index (χ3n) is 3.71. The van der Waals surface area contributed by atoms with Crippen molar-refractivity contribution in [2.45, 2.75) is 30.2 Å². The van der Waals surface area contributed by atoms with Gasteiger partial charge in [0.25, 0.3) is 5.91 Å². The summed E-state index contributed by atoms with van der Waals surface area (Å²) in [5.74, 6) is -0.643. The molecule has 128 valence electrons. The van der Waals surface area contributed by atoms with Crippen molar-refractivity contribution in [3.63, 3.8) is 0 Å². The van der Waals surface area contributed by atoms with Crippen molar-refractivity contribution in [2.75, 3.05) is 19.7 Å². The van der Waals surface area contributed by atoms with Gasteiger partial charge in [0, 0.05) is 24.2 Å². The first kappa shape index (κ1) is 18.0. The molecule has 1 atom stereocenters. The maximum Gasteiger partial charge on any atom is 0.255 e. The highest BCUT2D eigenvalue weighted by Crippen LogP contribution is 2.32. The first-order valence-corrected chi connectivity index (χ1v) is 9.10. The summed E-state index contributed by atoms with van der Waals surface area (Å²) in [4.78, 5) is 10.8. The summed E-state index contributed by atoms with van der Waals surface area (Å²) in [6.07, 6.45) is 2.43. The number of rotatable bonds is 6. The molecule has 1 fully saturated rings. The van der Waals surface area contributed by atoms with Gasteiger partial charge >= 0.3 is 0 Å². The minimum atomic E-state index is -3.83. The topological polar surface area (TPSA) is 116 Å². The molecule has 0 aliphatic carbocycles. The van der Waals surface area contributed by atoms with Gasteiger partial charge < -0.3 is 16.2 Å². The zero-order valence-electron chi connectivity index (χ0n) is 12.6. The van der Waals surface area contributed by atoms with Crippen LogP contribution in [0.25, 0.3) is 0 Å². The first-order chi connectivity index (χ1) is 10.9. The summed E-state index contributed by atoms with van der Waals surface area (Å²) in [6.45, 7) is 0.230. The normalized spacial score (nSPS) is 19.5. The molecule has 2 rings (SSSR count). The fourth-order valence-corrected chi connectivity index (χ4v) is 4.70. The number of amides is 1. The average Bonchev–Trinajstić information content (AvgIpc) is 2.53. The Morgan fingerprint density at radius 2 is 2.13 bits per heavy atom. The number of ether oxygens (including phenoxy) is 1. The van der Waals surface area contributed by atoms with Crippen molar-refractivity contribution in [2.24, 2.45) is 11.5 Å². The smallest absolute Gasteiger partial charge is 0.255 e. The summed E-state index contributed by atoms with van der Waals surface area (Å²) in [5.41, 5.74) is 10.8. The maximum absolute atomic E-state index is 13.0. The Morgan fingerprint density at radius 1 is 1.39 bits per heavy atom. The Labute approximate surface area is 140 Å². The van der Waals surface area contributed by atoms with Crippen LogP contribution in [0.15, 0.2) is 23.1 Å². The van der Waals surface area contributed by atoms with Crippen molar-refractivity contribution in [1.29, 1.82) is 0 Å². The summed E-state index contributed by atoms with van der Waals surface area (Å²) < 4.78 is 32.6. The highest BCUT2D eigenvalue weighted by atomic mass is 35.5. The molecule has 1 saturated heterocycles. The molecule has 7 nitrogen and oxygen atoms in total. The number of piperidine rings is 1. The summed E-state index contributed by atoms with van der Waals surface area (Å²) in [7, 11) is -3.83.